The highest BCUT2D eigenvalue weighted by Crippen LogP contribution is 2.43. The molecule has 2 heterocycles. The molecule has 0 spiro atoms. The number of rotatable bonds is 5. The number of nitrogens with zero attached hydrogens (tertiary/aromatic N) is 3. The Bertz CT molecular complexity index is 1030. The van der Waals surface area contributed by atoms with Gasteiger partial charge in [-0.1, -0.05) is 12.1 Å². The molecule has 0 aliphatic carbocycles. The van der Waals surface area contributed by atoms with Crippen LogP contribution in [0.25, 0.3) is 5.57 Å². The smallest absolute Gasteiger partial charge is 0.161 e. The summed E-state index contributed by atoms with van der Waals surface area (Å²) in [4.78, 5) is 4.86. The van der Waals surface area contributed by atoms with Crippen LogP contribution >= 0.6 is 0 Å². The van der Waals surface area contributed by atoms with Gasteiger partial charge in [0, 0.05) is 23.6 Å². The van der Waals surface area contributed by atoms with Gasteiger partial charge in [-0.25, -0.2) is 10.0 Å². The van der Waals surface area contributed by atoms with Crippen LogP contribution in [-0.2, 0) is 0 Å². The molecule has 0 N–H and O–H groups in total. The third kappa shape index (κ3) is 3.20. The molecule has 2 aliphatic heterocycles. The first-order valence-electron chi connectivity index (χ1n) is 9.50. The molecular formula is C23H25N3O3. The van der Waals surface area contributed by atoms with Gasteiger partial charge in [0.05, 0.1) is 33.1 Å². The molecule has 1 unspecified atom stereocenters. The molecule has 2 aromatic rings. The summed E-state index contributed by atoms with van der Waals surface area (Å²) in [5, 5.41) is 4.31. The number of hydrogen-bond acceptors (Lipinski definition) is 6. The minimum Gasteiger partial charge on any atom is -0.497 e. The number of fused-ring (bicyclic) bond motifs is 1. The average Bonchev–Trinajstić information content (AvgIpc) is 3.04. The number of anilines is 1. The van der Waals surface area contributed by atoms with Crippen molar-refractivity contribution in [3.63, 3.8) is 0 Å². The average molecular weight is 391 g/mol. The van der Waals surface area contributed by atoms with Crippen molar-refractivity contribution < 1.29 is 14.2 Å². The molecule has 0 amide bonds. The molecule has 0 saturated carbocycles. The van der Waals surface area contributed by atoms with E-state index in [2.05, 4.69) is 35.3 Å². The third-order valence-corrected chi connectivity index (χ3v) is 5.23. The zero-order valence-electron chi connectivity index (χ0n) is 17.3. The maximum Gasteiger partial charge on any atom is 0.161 e. The van der Waals surface area contributed by atoms with E-state index in [4.69, 9.17) is 19.2 Å². The van der Waals surface area contributed by atoms with E-state index >= 15 is 0 Å². The van der Waals surface area contributed by atoms with Crippen molar-refractivity contribution in [2.75, 3.05) is 26.3 Å². The number of hydrazine groups is 1. The lowest BCUT2D eigenvalue weighted by Gasteiger charge is -2.34. The number of benzene rings is 2. The van der Waals surface area contributed by atoms with Crippen LogP contribution in [0.2, 0.25) is 0 Å². The molecule has 2 aromatic carbocycles. The molecule has 1 atom stereocenters. The predicted octanol–water partition coefficient (Wildman–Crippen LogP) is 4.49. The van der Waals surface area contributed by atoms with Gasteiger partial charge in [0.1, 0.15) is 5.75 Å². The molecule has 150 valence electrons. The number of hydrogen-bond donors (Lipinski definition) is 0. The number of ether oxygens (including phenoxy) is 3. The van der Waals surface area contributed by atoms with Crippen LogP contribution in [0, 0.1) is 0 Å². The van der Waals surface area contributed by atoms with E-state index in [1.165, 1.54) is 0 Å². The zero-order valence-corrected chi connectivity index (χ0v) is 17.3. The topological polar surface area (TPSA) is 46.5 Å². The minimum absolute atomic E-state index is 0.0505. The summed E-state index contributed by atoms with van der Waals surface area (Å²) in [7, 11) is 4.97. The van der Waals surface area contributed by atoms with Crippen molar-refractivity contribution >= 4 is 17.0 Å². The largest absolute Gasteiger partial charge is 0.497 e. The minimum atomic E-state index is 0.0505. The van der Waals surface area contributed by atoms with Gasteiger partial charge in [0.15, 0.2) is 17.3 Å². The quantitative estimate of drug-likeness (QED) is 0.751. The summed E-state index contributed by atoms with van der Waals surface area (Å²) < 4.78 is 16.4. The SMILES string of the molecule is COc1cccc(N2C(C)C(c3ccc(OC)c(OC)c3)=C3N=C(C)C=CN32)c1. The number of methoxy groups -OCH3 is 3. The van der Waals surface area contributed by atoms with Crippen molar-refractivity contribution in [2.24, 2.45) is 4.99 Å². The highest BCUT2D eigenvalue weighted by molar-refractivity contribution is 5.96. The van der Waals surface area contributed by atoms with E-state index < -0.39 is 0 Å². The summed E-state index contributed by atoms with van der Waals surface area (Å²) in [6.45, 7) is 4.18. The Morgan fingerprint density at radius 1 is 0.931 bits per heavy atom. The van der Waals surface area contributed by atoms with Crippen LogP contribution in [0.1, 0.15) is 19.4 Å². The lowest BCUT2D eigenvalue weighted by Crippen LogP contribution is -2.39. The van der Waals surface area contributed by atoms with Crippen LogP contribution in [0.4, 0.5) is 5.69 Å². The zero-order chi connectivity index (χ0) is 20.5. The molecule has 0 radical (unpaired) electrons. The van der Waals surface area contributed by atoms with Crippen LogP contribution in [0.3, 0.4) is 0 Å². The summed E-state index contributed by atoms with van der Waals surface area (Å²) in [5.41, 5.74) is 4.17. The summed E-state index contributed by atoms with van der Waals surface area (Å²) >= 11 is 0. The van der Waals surface area contributed by atoms with Crippen molar-refractivity contribution in [3.8, 4) is 17.2 Å². The van der Waals surface area contributed by atoms with Gasteiger partial charge in [0.2, 0.25) is 0 Å². The standard InChI is InChI=1S/C23H25N3O3/c1-15-11-12-25-23(24-15)22(17-9-10-20(28-4)21(13-17)29-5)16(2)26(25)18-7-6-8-19(14-18)27-3/h6-14,16H,1-5H3. The second kappa shape index (κ2) is 7.54. The molecular weight excluding hydrogens is 366 g/mol. The monoisotopic (exact) mass is 391 g/mol. The van der Waals surface area contributed by atoms with Crippen LogP contribution < -0.4 is 19.2 Å². The van der Waals surface area contributed by atoms with E-state index in [1.54, 1.807) is 21.3 Å². The normalized spacial score (nSPS) is 18.0. The van der Waals surface area contributed by atoms with Gasteiger partial charge in [0.25, 0.3) is 0 Å². The molecule has 2 aliphatic rings. The predicted molar refractivity (Wildman–Crippen MR) is 115 cm³/mol. The Labute approximate surface area is 171 Å². The Morgan fingerprint density at radius 2 is 1.72 bits per heavy atom. The Kier molecular flexibility index (Phi) is 4.92. The van der Waals surface area contributed by atoms with Crippen molar-refractivity contribution in [1.82, 2.24) is 5.01 Å². The summed E-state index contributed by atoms with van der Waals surface area (Å²) in [6, 6.07) is 14.1. The number of aliphatic imine (C=N–C) groups is 1. The fourth-order valence-electron chi connectivity index (χ4n) is 3.83. The summed E-state index contributed by atoms with van der Waals surface area (Å²) in [5.74, 6) is 3.13. The first-order valence-corrected chi connectivity index (χ1v) is 9.50. The maximum absolute atomic E-state index is 5.53. The van der Waals surface area contributed by atoms with Crippen LogP contribution in [-0.4, -0.2) is 38.1 Å². The lowest BCUT2D eigenvalue weighted by molar-refractivity contribution is 0.355. The highest BCUT2D eigenvalue weighted by Gasteiger charge is 2.37. The van der Waals surface area contributed by atoms with E-state index in [-0.39, 0.29) is 6.04 Å². The van der Waals surface area contributed by atoms with Crippen molar-refractivity contribution in [3.05, 3.63) is 66.1 Å². The fourth-order valence-corrected chi connectivity index (χ4v) is 3.83. The lowest BCUT2D eigenvalue weighted by atomic mass is 9.99. The molecule has 0 saturated heterocycles. The fraction of sp³-hybridized carbons (Fsp3) is 0.261. The van der Waals surface area contributed by atoms with Crippen LogP contribution in [0.5, 0.6) is 17.2 Å². The van der Waals surface area contributed by atoms with Crippen molar-refractivity contribution in [1.29, 1.82) is 0 Å². The van der Waals surface area contributed by atoms with Gasteiger partial charge in [-0.15, -0.1) is 0 Å². The van der Waals surface area contributed by atoms with Gasteiger partial charge < -0.3 is 14.2 Å². The van der Waals surface area contributed by atoms with E-state index in [1.807, 2.05) is 43.3 Å². The maximum atomic E-state index is 5.53. The molecule has 4 rings (SSSR count). The number of allylic oxidation sites excluding steroid dienone is 1. The van der Waals surface area contributed by atoms with E-state index in [0.717, 1.165) is 34.1 Å². The molecule has 0 aromatic heterocycles. The van der Waals surface area contributed by atoms with Gasteiger partial charge in [-0.2, -0.15) is 0 Å². The van der Waals surface area contributed by atoms with E-state index in [0.29, 0.717) is 11.5 Å². The first-order chi connectivity index (χ1) is 14.1. The Hall–Kier alpha value is -3.41. The van der Waals surface area contributed by atoms with Gasteiger partial charge in [-0.3, -0.25) is 5.01 Å². The van der Waals surface area contributed by atoms with Gasteiger partial charge in [-0.05, 0) is 49.8 Å². The Balaban J connectivity index is 1.84. The highest BCUT2D eigenvalue weighted by atomic mass is 16.5. The molecule has 0 fully saturated rings. The summed E-state index contributed by atoms with van der Waals surface area (Å²) in [6.07, 6.45) is 4.07. The second-order valence-corrected chi connectivity index (χ2v) is 6.94. The van der Waals surface area contributed by atoms with Crippen LogP contribution in [0.15, 0.2) is 65.6 Å². The molecule has 29 heavy (non-hydrogen) atoms. The van der Waals surface area contributed by atoms with Gasteiger partial charge >= 0.3 is 0 Å². The van der Waals surface area contributed by atoms with E-state index in [9.17, 15) is 0 Å². The second-order valence-electron chi connectivity index (χ2n) is 6.94. The third-order valence-electron chi connectivity index (χ3n) is 5.23. The Morgan fingerprint density at radius 3 is 2.45 bits per heavy atom. The molecule has 0 bridgehead atoms. The molecule has 6 nitrogen and oxygen atoms in total. The van der Waals surface area contributed by atoms with Crippen molar-refractivity contribution in [2.45, 2.75) is 19.9 Å². The first kappa shape index (κ1) is 18.9. The molecule has 6 heteroatoms.